The number of amides is 2. The molecule has 3 N–H and O–H groups in total. The van der Waals surface area contributed by atoms with E-state index in [1.807, 2.05) is 30.3 Å². The van der Waals surface area contributed by atoms with Gasteiger partial charge in [0.15, 0.2) is 0 Å². The van der Waals surface area contributed by atoms with Gasteiger partial charge in [-0.3, -0.25) is 0 Å². The molecular formula is C15H13N3O2. The second-order valence-electron chi connectivity index (χ2n) is 4.15. The highest BCUT2D eigenvalue weighted by atomic mass is 16.2. The Morgan fingerprint density at radius 3 is 2.45 bits per heavy atom. The van der Waals surface area contributed by atoms with Crippen LogP contribution in [0.4, 0.5) is 16.2 Å². The van der Waals surface area contributed by atoms with E-state index in [0.29, 0.717) is 17.8 Å². The molecule has 20 heavy (non-hydrogen) atoms. The minimum atomic E-state index is -0.614. The Kier molecular flexibility index (Phi) is 4.27. The van der Waals surface area contributed by atoms with Crippen molar-refractivity contribution >= 4 is 23.5 Å². The van der Waals surface area contributed by atoms with E-state index in [1.54, 1.807) is 24.3 Å². The highest BCUT2D eigenvalue weighted by Crippen LogP contribution is 2.25. The molecule has 2 aromatic carbocycles. The standard InChI is InChI=1S/C15H13N3O2/c16-15(20)18-14-8-4-2-6-12(14)9-11-5-1-3-7-13(11)17-10-19/h1-8H,9H2,(H3,16,18,20). The minimum Gasteiger partial charge on any atom is -0.351 e. The van der Waals surface area contributed by atoms with Gasteiger partial charge in [0.05, 0.1) is 5.69 Å². The molecule has 0 spiro atoms. The fraction of sp³-hybridized carbons (Fsp3) is 0.0667. The van der Waals surface area contributed by atoms with Crippen molar-refractivity contribution in [1.82, 2.24) is 0 Å². The Morgan fingerprint density at radius 2 is 1.75 bits per heavy atom. The lowest BCUT2D eigenvalue weighted by Crippen LogP contribution is -2.20. The number of urea groups is 1. The van der Waals surface area contributed by atoms with Crippen LogP contribution in [0.15, 0.2) is 53.5 Å². The summed E-state index contributed by atoms with van der Waals surface area (Å²) in [5.41, 5.74) is 8.11. The van der Waals surface area contributed by atoms with Gasteiger partial charge in [0.2, 0.25) is 6.08 Å². The summed E-state index contributed by atoms with van der Waals surface area (Å²) in [5, 5.41) is 2.58. The number of para-hydroxylation sites is 2. The van der Waals surface area contributed by atoms with Gasteiger partial charge in [0.25, 0.3) is 0 Å². The number of hydrogen-bond acceptors (Lipinski definition) is 3. The highest BCUT2D eigenvalue weighted by Gasteiger charge is 2.07. The molecule has 0 heterocycles. The first-order chi connectivity index (χ1) is 9.70. The molecular weight excluding hydrogens is 254 g/mol. The van der Waals surface area contributed by atoms with Crippen LogP contribution in [-0.4, -0.2) is 12.1 Å². The molecule has 100 valence electrons. The molecule has 2 aromatic rings. The molecule has 2 amide bonds. The lowest BCUT2D eigenvalue weighted by Gasteiger charge is -2.10. The van der Waals surface area contributed by atoms with Gasteiger partial charge < -0.3 is 11.1 Å². The van der Waals surface area contributed by atoms with E-state index < -0.39 is 6.03 Å². The van der Waals surface area contributed by atoms with Crippen molar-refractivity contribution in [2.45, 2.75) is 6.42 Å². The first-order valence-electron chi connectivity index (χ1n) is 6.01. The smallest absolute Gasteiger partial charge is 0.316 e. The van der Waals surface area contributed by atoms with Gasteiger partial charge in [0.1, 0.15) is 0 Å². The Bertz CT molecular complexity index is 676. The number of hydrogen-bond donors (Lipinski definition) is 2. The molecule has 0 atom stereocenters. The number of rotatable bonds is 4. The maximum atomic E-state index is 11.0. The quantitative estimate of drug-likeness (QED) is 0.659. The lowest BCUT2D eigenvalue weighted by molar-refractivity contribution is 0.259. The van der Waals surface area contributed by atoms with E-state index in [9.17, 15) is 9.59 Å². The number of nitrogens with two attached hydrogens (primary N) is 1. The number of isocyanates is 1. The van der Waals surface area contributed by atoms with E-state index in [1.165, 1.54) is 0 Å². The van der Waals surface area contributed by atoms with E-state index >= 15 is 0 Å². The molecule has 0 aromatic heterocycles. The third kappa shape index (κ3) is 3.31. The molecule has 5 nitrogen and oxygen atoms in total. The summed E-state index contributed by atoms with van der Waals surface area (Å²) in [4.78, 5) is 25.1. The van der Waals surface area contributed by atoms with Gasteiger partial charge in [-0.2, -0.15) is 4.99 Å². The molecule has 0 unspecified atom stereocenters. The number of benzene rings is 2. The van der Waals surface area contributed by atoms with Gasteiger partial charge in [-0.1, -0.05) is 36.4 Å². The van der Waals surface area contributed by atoms with Crippen LogP contribution in [-0.2, 0) is 11.2 Å². The average Bonchev–Trinajstić information content (AvgIpc) is 2.43. The highest BCUT2D eigenvalue weighted by molar-refractivity contribution is 5.88. The van der Waals surface area contributed by atoms with E-state index in [0.717, 1.165) is 11.1 Å². The van der Waals surface area contributed by atoms with Crippen molar-refractivity contribution in [3.8, 4) is 0 Å². The predicted octanol–water partition coefficient (Wildman–Crippen LogP) is 2.74. The molecule has 0 saturated carbocycles. The number of primary amides is 1. The lowest BCUT2D eigenvalue weighted by atomic mass is 10.0. The van der Waals surface area contributed by atoms with Crippen molar-refractivity contribution in [2.75, 3.05) is 5.32 Å². The summed E-state index contributed by atoms with van der Waals surface area (Å²) in [5.74, 6) is 0. The van der Waals surface area contributed by atoms with Crippen LogP contribution in [0, 0.1) is 0 Å². The third-order valence-corrected chi connectivity index (χ3v) is 2.81. The maximum absolute atomic E-state index is 11.0. The zero-order valence-corrected chi connectivity index (χ0v) is 10.7. The molecule has 0 saturated heterocycles. The zero-order valence-electron chi connectivity index (χ0n) is 10.7. The van der Waals surface area contributed by atoms with Gasteiger partial charge in [-0.25, -0.2) is 9.59 Å². The summed E-state index contributed by atoms with van der Waals surface area (Å²) in [6, 6.07) is 14.0. The van der Waals surface area contributed by atoms with Crippen LogP contribution in [0.3, 0.4) is 0 Å². The average molecular weight is 267 g/mol. The van der Waals surface area contributed by atoms with Gasteiger partial charge in [-0.15, -0.1) is 0 Å². The largest absolute Gasteiger partial charge is 0.351 e. The summed E-state index contributed by atoms with van der Waals surface area (Å²) in [6.07, 6.45) is 2.07. The number of aliphatic imine (C=N–C) groups is 1. The first kappa shape index (κ1) is 13.5. The van der Waals surface area contributed by atoms with Gasteiger partial charge in [-0.05, 0) is 23.3 Å². The molecule has 0 radical (unpaired) electrons. The number of carbonyl (C=O) groups excluding carboxylic acids is 2. The Hall–Kier alpha value is -2.91. The number of nitrogens with zero attached hydrogens (tertiary/aromatic N) is 1. The molecule has 0 aliphatic carbocycles. The minimum absolute atomic E-state index is 0.526. The topological polar surface area (TPSA) is 84.6 Å². The van der Waals surface area contributed by atoms with Crippen molar-refractivity contribution in [3.05, 3.63) is 59.7 Å². The predicted molar refractivity (Wildman–Crippen MR) is 76.7 cm³/mol. The Labute approximate surface area is 116 Å². The van der Waals surface area contributed by atoms with Gasteiger partial charge >= 0.3 is 6.03 Å². The molecule has 0 bridgehead atoms. The zero-order chi connectivity index (χ0) is 14.4. The van der Waals surface area contributed by atoms with Crippen LogP contribution in [0.1, 0.15) is 11.1 Å². The summed E-state index contributed by atoms with van der Waals surface area (Å²) >= 11 is 0. The van der Waals surface area contributed by atoms with E-state index in [2.05, 4.69) is 10.3 Å². The van der Waals surface area contributed by atoms with Crippen molar-refractivity contribution in [1.29, 1.82) is 0 Å². The summed E-state index contributed by atoms with van der Waals surface area (Å²) < 4.78 is 0. The Balaban J connectivity index is 2.35. The summed E-state index contributed by atoms with van der Waals surface area (Å²) in [7, 11) is 0. The van der Waals surface area contributed by atoms with E-state index in [-0.39, 0.29) is 0 Å². The van der Waals surface area contributed by atoms with Crippen molar-refractivity contribution in [2.24, 2.45) is 10.7 Å². The molecule has 0 aliphatic heterocycles. The third-order valence-electron chi connectivity index (χ3n) is 2.81. The monoisotopic (exact) mass is 267 g/mol. The fourth-order valence-electron chi connectivity index (χ4n) is 1.95. The van der Waals surface area contributed by atoms with Crippen LogP contribution in [0.2, 0.25) is 0 Å². The molecule has 0 fully saturated rings. The Morgan fingerprint density at radius 1 is 1.10 bits per heavy atom. The van der Waals surface area contributed by atoms with Gasteiger partial charge in [0, 0.05) is 12.1 Å². The molecule has 0 aliphatic rings. The summed E-state index contributed by atoms with van der Waals surface area (Å²) in [6.45, 7) is 0. The number of anilines is 1. The van der Waals surface area contributed by atoms with Crippen LogP contribution < -0.4 is 11.1 Å². The van der Waals surface area contributed by atoms with Crippen molar-refractivity contribution in [3.63, 3.8) is 0 Å². The van der Waals surface area contributed by atoms with Crippen LogP contribution in [0.25, 0.3) is 0 Å². The molecule has 5 heteroatoms. The molecule has 2 rings (SSSR count). The maximum Gasteiger partial charge on any atom is 0.316 e. The van der Waals surface area contributed by atoms with E-state index in [4.69, 9.17) is 5.73 Å². The van der Waals surface area contributed by atoms with Crippen LogP contribution in [0.5, 0.6) is 0 Å². The first-order valence-corrected chi connectivity index (χ1v) is 6.01. The normalized spacial score (nSPS) is 9.60. The number of carbonyl (C=O) groups is 1. The fourth-order valence-corrected chi connectivity index (χ4v) is 1.95. The second-order valence-corrected chi connectivity index (χ2v) is 4.15. The number of nitrogens with one attached hydrogen (secondary N) is 1. The second kappa shape index (κ2) is 6.31. The van der Waals surface area contributed by atoms with Crippen molar-refractivity contribution < 1.29 is 9.59 Å². The SMILES string of the molecule is NC(=O)Nc1ccccc1Cc1ccccc1N=C=O. The van der Waals surface area contributed by atoms with Crippen LogP contribution >= 0.6 is 0 Å².